The van der Waals surface area contributed by atoms with E-state index >= 15 is 0 Å². The lowest BCUT2D eigenvalue weighted by atomic mass is 9.86. The van der Waals surface area contributed by atoms with Crippen LogP contribution in [0.3, 0.4) is 0 Å². The third kappa shape index (κ3) is 3.39. The molecule has 114 valence electrons. The Morgan fingerprint density at radius 2 is 2.19 bits per heavy atom. The zero-order valence-corrected chi connectivity index (χ0v) is 11.6. The minimum Gasteiger partial charge on any atom is -0.481 e. The average molecular weight is 295 g/mol. The van der Waals surface area contributed by atoms with E-state index in [4.69, 9.17) is 5.11 Å². The van der Waals surface area contributed by atoms with Gasteiger partial charge in [0.05, 0.1) is 17.0 Å². The molecule has 0 spiro atoms. The van der Waals surface area contributed by atoms with Crippen molar-refractivity contribution in [3.8, 4) is 0 Å². The van der Waals surface area contributed by atoms with Crippen LogP contribution in [-0.4, -0.2) is 32.5 Å². The summed E-state index contributed by atoms with van der Waals surface area (Å²) >= 11 is 0. The Hall–Kier alpha value is -2.38. The lowest BCUT2D eigenvalue weighted by Gasteiger charge is -2.27. The van der Waals surface area contributed by atoms with Crippen LogP contribution in [0.1, 0.15) is 36.2 Å². The molecule has 1 fully saturated rings. The summed E-state index contributed by atoms with van der Waals surface area (Å²) in [4.78, 5) is 33.3. The molecule has 1 aliphatic rings. The predicted octanol–water partition coefficient (Wildman–Crippen LogP) is 1.31. The van der Waals surface area contributed by atoms with Crippen molar-refractivity contribution in [1.82, 2.24) is 9.88 Å². The minimum atomic E-state index is -0.844. The highest BCUT2D eigenvalue weighted by atomic mass is 16.6. The van der Waals surface area contributed by atoms with Crippen LogP contribution in [0.4, 0.5) is 5.69 Å². The van der Waals surface area contributed by atoms with Gasteiger partial charge in [-0.15, -0.1) is 0 Å². The number of aromatic nitrogens is 1. The average Bonchev–Trinajstić information content (AvgIpc) is 2.81. The number of carboxylic acids is 1. The van der Waals surface area contributed by atoms with Gasteiger partial charge < -0.3 is 15.0 Å². The molecular weight excluding hydrogens is 278 g/mol. The fourth-order valence-corrected chi connectivity index (χ4v) is 2.68. The summed E-state index contributed by atoms with van der Waals surface area (Å²) in [5, 5.41) is 22.5. The molecule has 2 unspecified atom stereocenters. The van der Waals surface area contributed by atoms with Crippen molar-refractivity contribution in [2.24, 2.45) is 13.0 Å². The molecule has 1 saturated carbocycles. The molecule has 21 heavy (non-hydrogen) atoms. The van der Waals surface area contributed by atoms with Gasteiger partial charge in [0.2, 0.25) is 0 Å². The highest BCUT2D eigenvalue weighted by Gasteiger charge is 2.28. The first-order valence-electron chi connectivity index (χ1n) is 6.73. The van der Waals surface area contributed by atoms with Crippen molar-refractivity contribution in [3.63, 3.8) is 0 Å². The molecule has 1 heterocycles. The quantitative estimate of drug-likeness (QED) is 0.642. The molecule has 1 aliphatic carbocycles. The number of nitro groups is 1. The van der Waals surface area contributed by atoms with Crippen LogP contribution < -0.4 is 5.32 Å². The van der Waals surface area contributed by atoms with Gasteiger partial charge >= 0.3 is 5.97 Å². The number of hydrogen-bond acceptors (Lipinski definition) is 4. The van der Waals surface area contributed by atoms with Crippen LogP contribution in [0.25, 0.3) is 0 Å². The normalized spacial score (nSPS) is 21.8. The second-order valence-electron chi connectivity index (χ2n) is 5.32. The van der Waals surface area contributed by atoms with Gasteiger partial charge in [0, 0.05) is 19.2 Å². The Bertz CT molecular complexity index is 580. The summed E-state index contributed by atoms with van der Waals surface area (Å²) in [6.45, 7) is 0. The van der Waals surface area contributed by atoms with Gasteiger partial charge in [-0.3, -0.25) is 19.7 Å². The van der Waals surface area contributed by atoms with Crippen molar-refractivity contribution in [2.45, 2.75) is 31.7 Å². The lowest BCUT2D eigenvalue weighted by molar-refractivity contribution is -0.384. The number of nitrogens with zero attached hydrogens (tertiary/aromatic N) is 2. The second kappa shape index (κ2) is 5.94. The standard InChI is InChI=1S/C13H17N3O5/c1-15-7-10(16(20)21)6-11(15)12(17)14-9-4-2-3-8(5-9)13(18)19/h6-9H,2-5H2,1H3,(H,14,17)(H,18,19). The minimum absolute atomic E-state index is 0.144. The molecule has 0 bridgehead atoms. The zero-order chi connectivity index (χ0) is 15.6. The number of aryl methyl sites for hydroxylation is 1. The number of carbonyl (C=O) groups is 2. The molecule has 1 aromatic rings. The van der Waals surface area contributed by atoms with E-state index in [-0.39, 0.29) is 17.4 Å². The third-order valence-electron chi connectivity index (χ3n) is 3.79. The number of carboxylic acid groups (broad SMARTS) is 1. The number of amides is 1. The fourth-order valence-electron chi connectivity index (χ4n) is 2.68. The molecule has 1 aromatic heterocycles. The van der Waals surface area contributed by atoms with Crippen LogP contribution in [0.15, 0.2) is 12.3 Å². The SMILES string of the molecule is Cn1cc([N+](=O)[O-])cc1C(=O)NC1CCCC(C(=O)O)C1. The van der Waals surface area contributed by atoms with Crippen molar-refractivity contribution < 1.29 is 19.6 Å². The first-order chi connectivity index (χ1) is 9.88. The predicted molar refractivity (Wildman–Crippen MR) is 72.9 cm³/mol. The summed E-state index contributed by atoms with van der Waals surface area (Å²) in [7, 11) is 1.56. The molecule has 2 rings (SSSR count). The maximum Gasteiger partial charge on any atom is 0.306 e. The van der Waals surface area contributed by atoms with Crippen LogP contribution in [0, 0.1) is 16.0 Å². The van der Waals surface area contributed by atoms with Crippen molar-refractivity contribution >= 4 is 17.6 Å². The summed E-state index contributed by atoms with van der Waals surface area (Å²) in [6.07, 6.45) is 3.76. The summed E-state index contributed by atoms with van der Waals surface area (Å²) in [6, 6.07) is 1.01. The Balaban J connectivity index is 2.04. The Labute approximate surface area is 120 Å². The molecular formula is C13H17N3O5. The molecule has 0 aliphatic heterocycles. The fraction of sp³-hybridized carbons (Fsp3) is 0.538. The molecule has 0 saturated heterocycles. The van der Waals surface area contributed by atoms with Crippen molar-refractivity contribution in [1.29, 1.82) is 0 Å². The second-order valence-corrected chi connectivity index (χ2v) is 5.32. The number of rotatable bonds is 4. The number of nitrogens with one attached hydrogen (secondary N) is 1. The van der Waals surface area contributed by atoms with Gasteiger partial charge in [0.25, 0.3) is 11.6 Å². The van der Waals surface area contributed by atoms with Gasteiger partial charge in [0.15, 0.2) is 0 Å². The van der Waals surface area contributed by atoms with Gasteiger partial charge in [-0.2, -0.15) is 0 Å². The highest BCUT2D eigenvalue weighted by Crippen LogP contribution is 2.25. The largest absolute Gasteiger partial charge is 0.481 e. The van der Waals surface area contributed by atoms with Crippen LogP contribution in [0.2, 0.25) is 0 Å². The molecule has 8 nitrogen and oxygen atoms in total. The van der Waals surface area contributed by atoms with Gasteiger partial charge in [-0.25, -0.2) is 0 Å². The summed E-state index contributed by atoms with van der Waals surface area (Å²) in [5.41, 5.74) is 0.0499. The molecule has 8 heteroatoms. The van der Waals surface area contributed by atoms with E-state index in [1.165, 1.54) is 16.8 Å². The Kier molecular flexibility index (Phi) is 4.25. The summed E-state index contributed by atoms with van der Waals surface area (Å²) < 4.78 is 1.39. The first kappa shape index (κ1) is 15.0. The Morgan fingerprint density at radius 1 is 1.48 bits per heavy atom. The van der Waals surface area contributed by atoms with Gasteiger partial charge in [-0.05, 0) is 19.3 Å². The number of aliphatic carboxylic acids is 1. The molecule has 1 amide bonds. The van der Waals surface area contributed by atoms with E-state index in [2.05, 4.69) is 5.32 Å². The third-order valence-corrected chi connectivity index (χ3v) is 3.79. The molecule has 0 aromatic carbocycles. The maximum absolute atomic E-state index is 12.1. The zero-order valence-electron chi connectivity index (χ0n) is 11.6. The molecule has 2 atom stereocenters. The van der Waals surface area contributed by atoms with Crippen molar-refractivity contribution in [2.75, 3.05) is 0 Å². The maximum atomic E-state index is 12.1. The van der Waals surface area contributed by atoms with E-state index in [0.717, 1.165) is 12.8 Å². The van der Waals surface area contributed by atoms with Crippen LogP contribution in [0.5, 0.6) is 0 Å². The molecule has 2 N–H and O–H groups in total. The van der Waals surface area contributed by atoms with Crippen molar-refractivity contribution in [3.05, 3.63) is 28.1 Å². The monoisotopic (exact) mass is 295 g/mol. The first-order valence-corrected chi connectivity index (χ1v) is 6.73. The van der Waals surface area contributed by atoms with E-state index < -0.39 is 22.7 Å². The Morgan fingerprint density at radius 3 is 2.76 bits per heavy atom. The lowest BCUT2D eigenvalue weighted by Crippen LogP contribution is -2.40. The van der Waals surface area contributed by atoms with E-state index in [1.54, 1.807) is 7.05 Å². The molecule has 0 radical (unpaired) electrons. The van der Waals surface area contributed by atoms with E-state index in [1.807, 2.05) is 0 Å². The topological polar surface area (TPSA) is 114 Å². The highest BCUT2D eigenvalue weighted by molar-refractivity contribution is 5.93. The smallest absolute Gasteiger partial charge is 0.306 e. The van der Waals surface area contributed by atoms with E-state index in [9.17, 15) is 19.7 Å². The number of hydrogen-bond donors (Lipinski definition) is 2. The number of carbonyl (C=O) groups excluding carboxylic acids is 1. The van der Waals surface area contributed by atoms with Gasteiger partial charge in [0.1, 0.15) is 5.69 Å². The van der Waals surface area contributed by atoms with E-state index in [0.29, 0.717) is 12.8 Å². The van der Waals surface area contributed by atoms with Gasteiger partial charge in [-0.1, -0.05) is 6.42 Å². The van der Waals surface area contributed by atoms with Crippen LogP contribution in [-0.2, 0) is 11.8 Å². The van der Waals surface area contributed by atoms with Crippen LogP contribution >= 0.6 is 0 Å². The summed E-state index contributed by atoms with van der Waals surface area (Å²) in [5.74, 6) is -1.70.